The molecule has 3 rings (SSSR count). The van der Waals surface area contributed by atoms with Crippen molar-refractivity contribution in [3.05, 3.63) is 74.3 Å². The Kier molecular flexibility index (Phi) is 3.90. The molecule has 0 unspecified atom stereocenters. The van der Waals surface area contributed by atoms with Crippen LogP contribution in [0.4, 0.5) is 5.69 Å². The average Bonchev–Trinajstić information content (AvgIpc) is 2.89. The molecule has 0 aromatic heterocycles. The molecule has 0 radical (unpaired) electrons. The van der Waals surface area contributed by atoms with Gasteiger partial charge < -0.3 is 5.32 Å². The van der Waals surface area contributed by atoms with Crippen molar-refractivity contribution in [2.24, 2.45) is 0 Å². The first-order valence-corrected chi connectivity index (χ1v) is 7.27. The number of aryl methyl sites for hydroxylation is 1. The Bertz CT molecular complexity index is 688. The van der Waals surface area contributed by atoms with Crippen LogP contribution in [0.15, 0.2) is 42.5 Å². The van der Waals surface area contributed by atoms with Crippen molar-refractivity contribution in [2.75, 3.05) is 0 Å². The highest BCUT2D eigenvalue weighted by Crippen LogP contribution is 2.31. The molecule has 0 saturated heterocycles. The van der Waals surface area contributed by atoms with Crippen LogP contribution in [0.3, 0.4) is 0 Å². The first kappa shape index (κ1) is 14.0. The first-order valence-electron chi connectivity index (χ1n) is 6.89. The zero-order chi connectivity index (χ0) is 14.8. The molecule has 21 heavy (non-hydrogen) atoms. The molecule has 2 aromatic rings. The maximum absolute atomic E-state index is 10.8. The lowest BCUT2D eigenvalue weighted by atomic mass is 10.1. The summed E-state index contributed by atoms with van der Waals surface area (Å²) in [7, 11) is 0. The summed E-state index contributed by atoms with van der Waals surface area (Å²) >= 11 is 6.12. The van der Waals surface area contributed by atoms with Gasteiger partial charge in [-0.25, -0.2) is 0 Å². The van der Waals surface area contributed by atoms with Gasteiger partial charge in [0.25, 0.3) is 5.69 Å². The van der Waals surface area contributed by atoms with Crippen LogP contribution in [0.25, 0.3) is 0 Å². The minimum Gasteiger partial charge on any atom is -0.306 e. The highest BCUT2D eigenvalue weighted by molar-refractivity contribution is 6.31. The summed E-state index contributed by atoms with van der Waals surface area (Å²) in [5.74, 6) is 0. The number of hydrogen-bond donors (Lipinski definition) is 1. The fourth-order valence-corrected chi connectivity index (χ4v) is 3.00. The smallest absolute Gasteiger partial charge is 0.269 e. The quantitative estimate of drug-likeness (QED) is 0.685. The number of hydrogen-bond acceptors (Lipinski definition) is 3. The van der Waals surface area contributed by atoms with Crippen LogP contribution in [0.5, 0.6) is 0 Å². The van der Waals surface area contributed by atoms with Crippen molar-refractivity contribution in [3.8, 4) is 0 Å². The summed E-state index contributed by atoms with van der Waals surface area (Å²) in [5, 5.41) is 14.8. The van der Waals surface area contributed by atoms with Gasteiger partial charge in [0.05, 0.1) is 4.92 Å². The van der Waals surface area contributed by atoms with E-state index in [0.717, 1.165) is 18.4 Å². The zero-order valence-electron chi connectivity index (χ0n) is 11.4. The molecule has 1 atom stereocenters. The summed E-state index contributed by atoms with van der Waals surface area (Å²) in [4.78, 5) is 10.4. The van der Waals surface area contributed by atoms with E-state index in [1.54, 1.807) is 6.07 Å². The molecule has 108 valence electrons. The number of nitrogens with one attached hydrogen (secondary N) is 1. The topological polar surface area (TPSA) is 55.2 Å². The number of fused-ring (bicyclic) bond motifs is 1. The van der Waals surface area contributed by atoms with Gasteiger partial charge in [-0.05, 0) is 35.6 Å². The molecule has 0 bridgehead atoms. The van der Waals surface area contributed by atoms with E-state index in [4.69, 9.17) is 11.6 Å². The van der Waals surface area contributed by atoms with E-state index in [2.05, 4.69) is 23.5 Å². The first-order chi connectivity index (χ1) is 10.1. The van der Waals surface area contributed by atoms with Gasteiger partial charge in [0.2, 0.25) is 0 Å². The minimum atomic E-state index is -0.398. The third kappa shape index (κ3) is 2.91. The Labute approximate surface area is 127 Å². The summed E-state index contributed by atoms with van der Waals surface area (Å²) < 4.78 is 0. The summed E-state index contributed by atoms with van der Waals surface area (Å²) in [5.41, 5.74) is 3.53. The van der Waals surface area contributed by atoms with E-state index in [0.29, 0.717) is 11.6 Å². The van der Waals surface area contributed by atoms with Gasteiger partial charge >= 0.3 is 0 Å². The number of nitrogens with zero attached hydrogens (tertiary/aromatic N) is 1. The normalized spacial score (nSPS) is 16.7. The predicted octanol–water partition coefficient (Wildman–Crippen LogP) is 4.03. The van der Waals surface area contributed by atoms with Gasteiger partial charge in [-0.3, -0.25) is 10.1 Å². The lowest BCUT2D eigenvalue weighted by Gasteiger charge is -2.14. The molecule has 0 heterocycles. The molecule has 0 saturated carbocycles. The zero-order valence-corrected chi connectivity index (χ0v) is 12.1. The largest absolute Gasteiger partial charge is 0.306 e. The van der Waals surface area contributed by atoms with E-state index in [-0.39, 0.29) is 11.7 Å². The Morgan fingerprint density at radius 1 is 1.29 bits per heavy atom. The minimum absolute atomic E-state index is 0.0722. The predicted molar refractivity (Wildman–Crippen MR) is 82.5 cm³/mol. The monoisotopic (exact) mass is 302 g/mol. The van der Waals surface area contributed by atoms with Gasteiger partial charge in [0.15, 0.2) is 0 Å². The second-order valence-electron chi connectivity index (χ2n) is 5.20. The van der Waals surface area contributed by atoms with Crippen molar-refractivity contribution >= 4 is 17.3 Å². The van der Waals surface area contributed by atoms with Crippen LogP contribution in [0.1, 0.15) is 29.2 Å². The van der Waals surface area contributed by atoms with Gasteiger partial charge in [-0.15, -0.1) is 0 Å². The second kappa shape index (κ2) is 5.84. The van der Waals surface area contributed by atoms with Crippen molar-refractivity contribution < 1.29 is 4.92 Å². The molecule has 1 aliphatic carbocycles. The second-order valence-corrected chi connectivity index (χ2v) is 5.61. The number of nitro benzene ring substituents is 1. The Morgan fingerprint density at radius 2 is 2.10 bits per heavy atom. The van der Waals surface area contributed by atoms with Gasteiger partial charge in [0, 0.05) is 29.7 Å². The summed E-state index contributed by atoms with van der Waals surface area (Å²) in [6.07, 6.45) is 2.11. The van der Waals surface area contributed by atoms with Gasteiger partial charge in [-0.2, -0.15) is 0 Å². The molecule has 1 N–H and O–H groups in total. The molecular weight excluding hydrogens is 288 g/mol. The third-order valence-electron chi connectivity index (χ3n) is 3.91. The van der Waals surface area contributed by atoms with Crippen LogP contribution in [-0.2, 0) is 13.0 Å². The number of rotatable bonds is 4. The van der Waals surface area contributed by atoms with E-state index in [9.17, 15) is 10.1 Å². The molecular formula is C16H15ClN2O2. The SMILES string of the molecule is O=[N+]([O-])c1ccc(Cl)c(CN[C@H]2CCc3ccccc32)c1. The summed E-state index contributed by atoms with van der Waals surface area (Å²) in [6.45, 7) is 0.527. The van der Waals surface area contributed by atoms with Crippen molar-refractivity contribution in [1.82, 2.24) is 5.32 Å². The maximum Gasteiger partial charge on any atom is 0.269 e. The number of halogens is 1. The molecule has 0 aliphatic heterocycles. The van der Waals surface area contributed by atoms with E-state index < -0.39 is 4.92 Å². The van der Waals surface area contributed by atoms with Crippen LogP contribution in [0, 0.1) is 10.1 Å². The van der Waals surface area contributed by atoms with Gasteiger partial charge in [-0.1, -0.05) is 35.9 Å². The van der Waals surface area contributed by atoms with Crippen molar-refractivity contribution in [3.63, 3.8) is 0 Å². The lowest BCUT2D eigenvalue weighted by Crippen LogP contribution is -2.18. The van der Waals surface area contributed by atoms with Crippen LogP contribution < -0.4 is 5.32 Å². The highest BCUT2D eigenvalue weighted by atomic mass is 35.5. The Hall–Kier alpha value is -1.91. The van der Waals surface area contributed by atoms with Crippen LogP contribution >= 0.6 is 11.6 Å². The molecule has 2 aromatic carbocycles. The van der Waals surface area contributed by atoms with E-state index in [1.165, 1.54) is 23.3 Å². The van der Waals surface area contributed by atoms with Crippen molar-refractivity contribution in [1.29, 1.82) is 0 Å². The fourth-order valence-electron chi connectivity index (χ4n) is 2.81. The Morgan fingerprint density at radius 3 is 2.90 bits per heavy atom. The van der Waals surface area contributed by atoms with Crippen LogP contribution in [-0.4, -0.2) is 4.92 Å². The molecule has 0 spiro atoms. The fraction of sp³-hybridized carbons (Fsp3) is 0.250. The van der Waals surface area contributed by atoms with Crippen LogP contribution in [0.2, 0.25) is 5.02 Å². The highest BCUT2D eigenvalue weighted by Gasteiger charge is 2.21. The van der Waals surface area contributed by atoms with E-state index in [1.807, 2.05) is 6.07 Å². The van der Waals surface area contributed by atoms with Gasteiger partial charge in [0.1, 0.15) is 0 Å². The Balaban J connectivity index is 1.74. The molecule has 0 amide bonds. The molecule has 4 nitrogen and oxygen atoms in total. The molecule has 5 heteroatoms. The number of benzene rings is 2. The lowest BCUT2D eigenvalue weighted by molar-refractivity contribution is -0.384. The molecule has 0 fully saturated rings. The van der Waals surface area contributed by atoms with E-state index >= 15 is 0 Å². The molecule has 1 aliphatic rings. The van der Waals surface area contributed by atoms with Crippen molar-refractivity contribution in [2.45, 2.75) is 25.4 Å². The number of non-ortho nitro benzene ring substituents is 1. The third-order valence-corrected chi connectivity index (χ3v) is 4.28. The average molecular weight is 303 g/mol. The standard InChI is InChI=1S/C16H15ClN2O2/c17-15-7-6-13(19(20)21)9-12(15)10-18-16-8-5-11-3-1-2-4-14(11)16/h1-4,6-7,9,16,18H,5,8,10H2/t16-/m0/s1. The maximum atomic E-state index is 10.8. The number of nitro groups is 1. The summed E-state index contributed by atoms with van der Waals surface area (Å²) in [6, 6.07) is 13.2.